The van der Waals surface area contributed by atoms with Crippen LogP contribution in [0, 0.1) is 0 Å². The van der Waals surface area contributed by atoms with Crippen LogP contribution in [0.5, 0.6) is 17.2 Å². The molecule has 3 rings (SSSR count). The lowest BCUT2D eigenvalue weighted by atomic mass is 10.1. The second-order valence-corrected chi connectivity index (χ2v) is 6.82. The summed E-state index contributed by atoms with van der Waals surface area (Å²) in [6, 6.07) is 13.6. The molecule has 0 atom stereocenters. The molecule has 0 aliphatic heterocycles. The summed E-state index contributed by atoms with van der Waals surface area (Å²) in [5.74, 6) is 2.90. The Bertz CT molecular complexity index is 895. The number of halogens is 1. The van der Waals surface area contributed by atoms with Crippen LogP contribution in [0.15, 0.2) is 47.6 Å². The van der Waals surface area contributed by atoms with Gasteiger partial charge in [-0.2, -0.15) is 4.68 Å². The first-order chi connectivity index (χ1) is 13.8. The third-order valence-electron chi connectivity index (χ3n) is 4.05. The molecule has 29 heavy (non-hydrogen) atoms. The molecule has 1 aromatic heterocycles. The molecular formula is C19H24ClN5O3S. The summed E-state index contributed by atoms with van der Waals surface area (Å²) in [5, 5.41) is 16.1. The minimum absolute atomic E-state index is 0. The molecule has 0 radical (unpaired) electrons. The summed E-state index contributed by atoms with van der Waals surface area (Å²) >= 11 is 1.60. The van der Waals surface area contributed by atoms with Crippen molar-refractivity contribution in [2.24, 2.45) is 0 Å². The number of ether oxygens (including phenoxy) is 3. The zero-order chi connectivity index (χ0) is 19.8. The number of hydrogen-bond donors (Lipinski definition) is 1. The van der Waals surface area contributed by atoms with E-state index in [0.717, 1.165) is 34.5 Å². The van der Waals surface area contributed by atoms with E-state index in [0.29, 0.717) is 18.0 Å². The number of tetrazole rings is 1. The highest BCUT2D eigenvalue weighted by molar-refractivity contribution is 7.99. The van der Waals surface area contributed by atoms with Crippen LogP contribution < -0.4 is 19.5 Å². The Morgan fingerprint density at radius 1 is 0.966 bits per heavy atom. The Hall–Kier alpha value is -2.49. The highest BCUT2D eigenvalue weighted by Gasteiger charge is 2.12. The first kappa shape index (κ1) is 22.8. The summed E-state index contributed by atoms with van der Waals surface area (Å²) in [5.41, 5.74) is 1.94. The van der Waals surface area contributed by atoms with Crippen molar-refractivity contribution < 1.29 is 14.2 Å². The number of aromatic nitrogens is 4. The number of thioether (sulfide) groups is 1. The average molecular weight is 438 g/mol. The lowest BCUT2D eigenvalue weighted by Gasteiger charge is -2.14. The number of para-hydroxylation sites is 1. The van der Waals surface area contributed by atoms with Gasteiger partial charge in [0, 0.05) is 30.5 Å². The number of benzene rings is 2. The Kier molecular flexibility index (Phi) is 9.04. The van der Waals surface area contributed by atoms with E-state index in [1.54, 1.807) is 37.8 Å². The maximum atomic E-state index is 5.46. The fourth-order valence-corrected chi connectivity index (χ4v) is 3.46. The number of nitrogens with zero attached hydrogens (tertiary/aromatic N) is 4. The van der Waals surface area contributed by atoms with Gasteiger partial charge >= 0.3 is 0 Å². The van der Waals surface area contributed by atoms with Crippen LogP contribution in [0.3, 0.4) is 0 Å². The van der Waals surface area contributed by atoms with Crippen molar-refractivity contribution in [2.45, 2.75) is 11.7 Å². The largest absolute Gasteiger partial charge is 0.496 e. The second-order valence-electron chi connectivity index (χ2n) is 5.75. The Morgan fingerprint density at radius 3 is 2.34 bits per heavy atom. The molecule has 10 heteroatoms. The Balaban J connectivity index is 0.00000300. The highest BCUT2D eigenvalue weighted by atomic mass is 35.5. The first-order valence-corrected chi connectivity index (χ1v) is 9.71. The maximum Gasteiger partial charge on any atom is 0.214 e. The van der Waals surface area contributed by atoms with E-state index >= 15 is 0 Å². The smallest absolute Gasteiger partial charge is 0.214 e. The summed E-state index contributed by atoms with van der Waals surface area (Å²) in [6.45, 7) is 1.43. The van der Waals surface area contributed by atoms with Crippen LogP contribution in [-0.4, -0.2) is 53.8 Å². The first-order valence-electron chi connectivity index (χ1n) is 8.73. The van der Waals surface area contributed by atoms with E-state index in [1.165, 1.54) is 0 Å². The second kappa shape index (κ2) is 11.5. The predicted octanol–water partition coefficient (Wildman–Crippen LogP) is 2.99. The zero-order valence-corrected chi connectivity index (χ0v) is 18.1. The summed E-state index contributed by atoms with van der Waals surface area (Å²) in [4.78, 5) is 0. The Labute approximate surface area is 180 Å². The topological polar surface area (TPSA) is 83.3 Å². The molecule has 0 aliphatic rings. The lowest BCUT2D eigenvalue weighted by molar-refractivity contribution is 0.347. The van der Waals surface area contributed by atoms with E-state index < -0.39 is 0 Å². The normalized spacial score (nSPS) is 10.3. The van der Waals surface area contributed by atoms with Crippen molar-refractivity contribution in [3.63, 3.8) is 0 Å². The molecule has 0 bridgehead atoms. The number of rotatable bonds is 10. The number of nitrogens with one attached hydrogen (secondary N) is 1. The van der Waals surface area contributed by atoms with Crippen molar-refractivity contribution in [3.8, 4) is 22.9 Å². The average Bonchev–Trinajstić information content (AvgIpc) is 3.22. The van der Waals surface area contributed by atoms with Gasteiger partial charge in [0.2, 0.25) is 5.16 Å². The number of methoxy groups -OCH3 is 3. The summed E-state index contributed by atoms with van der Waals surface area (Å²) < 4.78 is 17.9. The molecule has 1 N–H and O–H groups in total. The molecule has 0 aliphatic carbocycles. The molecule has 3 aromatic rings. The Morgan fingerprint density at radius 2 is 1.66 bits per heavy atom. The maximum absolute atomic E-state index is 5.46. The minimum Gasteiger partial charge on any atom is -0.496 e. The van der Waals surface area contributed by atoms with Crippen LogP contribution in [0.1, 0.15) is 5.56 Å². The van der Waals surface area contributed by atoms with Gasteiger partial charge in [0.15, 0.2) is 11.5 Å². The van der Waals surface area contributed by atoms with Crippen LogP contribution >= 0.6 is 24.2 Å². The van der Waals surface area contributed by atoms with E-state index in [2.05, 4.69) is 20.8 Å². The molecule has 0 saturated carbocycles. The van der Waals surface area contributed by atoms with E-state index in [4.69, 9.17) is 14.2 Å². The fraction of sp³-hybridized carbons (Fsp3) is 0.316. The van der Waals surface area contributed by atoms with Crippen molar-refractivity contribution in [3.05, 3.63) is 48.0 Å². The summed E-state index contributed by atoms with van der Waals surface area (Å²) in [6.07, 6.45) is 0. The third kappa shape index (κ3) is 5.75. The molecule has 0 amide bonds. The molecule has 8 nitrogen and oxygen atoms in total. The molecule has 0 unspecified atom stereocenters. The fourth-order valence-electron chi connectivity index (χ4n) is 2.67. The van der Waals surface area contributed by atoms with Crippen molar-refractivity contribution in [2.75, 3.05) is 33.6 Å². The van der Waals surface area contributed by atoms with E-state index in [1.807, 2.05) is 42.5 Å². The van der Waals surface area contributed by atoms with Crippen LogP contribution in [-0.2, 0) is 6.54 Å². The minimum atomic E-state index is 0. The lowest BCUT2D eigenvalue weighted by Crippen LogP contribution is -2.17. The van der Waals surface area contributed by atoms with Gasteiger partial charge in [-0.3, -0.25) is 0 Å². The van der Waals surface area contributed by atoms with E-state index in [9.17, 15) is 0 Å². The molecule has 156 valence electrons. The SMILES string of the molecule is COc1cc(OC)c(OC)cc1CNCCSc1nnnn1-c1ccccc1.Cl. The van der Waals surface area contributed by atoms with Crippen LogP contribution in [0.4, 0.5) is 0 Å². The predicted molar refractivity (Wildman–Crippen MR) is 115 cm³/mol. The molecule has 0 spiro atoms. The molecular weight excluding hydrogens is 414 g/mol. The molecule has 2 aromatic carbocycles. The monoisotopic (exact) mass is 437 g/mol. The zero-order valence-electron chi connectivity index (χ0n) is 16.5. The third-order valence-corrected chi connectivity index (χ3v) is 4.97. The van der Waals surface area contributed by atoms with E-state index in [-0.39, 0.29) is 12.4 Å². The van der Waals surface area contributed by atoms with Gasteiger partial charge < -0.3 is 19.5 Å². The molecule has 0 fully saturated rings. The van der Waals surface area contributed by atoms with Gasteiger partial charge in [-0.15, -0.1) is 17.5 Å². The van der Waals surface area contributed by atoms with Crippen LogP contribution in [0.25, 0.3) is 5.69 Å². The van der Waals surface area contributed by atoms with Crippen LogP contribution in [0.2, 0.25) is 0 Å². The van der Waals surface area contributed by atoms with Gasteiger partial charge in [-0.25, -0.2) is 0 Å². The van der Waals surface area contributed by atoms with Gasteiger partial charge in [-0.1, -0.05) is 30.0 Å². The molecule has 1 heterocycles. The van der Waals surface area contributed by atoms with Crippen molar-refractivity contribution >= 4 is 24.2 Å². The highest BCUT2D eigenvalue weighted by Crippen LogP contribution is 2.34. The number of hydrogen-bond acceptors (Lipinski definition) is 8. The van der Waals surface area contributed by atoms with Crippen molar-refractivity contribution in [1.29, 1.82) is 0 Å². The standard InChI is InChI=1S/C19H23N5O3S.ClH/c1-25-16-12-18(27-3)17(26-2)11-14(16)13-20-9-10-28-19-21-22-23-24(19)15-7-5-4-6-8-15;/h4-8,11-12,20H,9-10,13H2,1-3H3;1H. The van der Waals surface area contributed by atoms with Crippen molar-refractivity contribution in [1.82, 2.24) is 25.5 Å². The van der Waals surface area contributed by atoms with Gasteiger partial charge in [0.05, 0.1) is 27.0 Å². The van der Waals surface area contributed by atoms with Gasteiger partial charge in [-0.05, 0) is 28.6 Å². The van der Waals surface area contributed by atoms with Gasteiger partial charge in [0.25, 0.3) is 0 Å². The van der Waals surface area contributed by atoms with Gasteiger partial charge in [0.1, 0.15) is 5.75 Å². The molecule has 0 saturated heterocycles. The summed E-state index contributed by atoms with van der Waals surface area (Å²) in [7, 11) is 4.87. The quantitative estimate of drug-likeness (QED) is 0.383.